The highest BCUT2D eigenvalue weighted by Gasteiger charge is 2.21. The number of carboxylic acid groups (broad SMARTS) is 1. The zero-order valence-corrected chi connectivity index (χ0v) is 19.3. The van der Waals surface area contributed by atoms with Crippen LogP contribution >= 0.6 is 0 Å². The van der Waals surface area contributed by atoms with Gasteiger partial charge in [-0.15, -0.1) is 0 Å². The molecule has 0 aliphatic carbocycles. The highest BCUT2D eigenvalue weighted by molar-refractivity contribution is 5.89. The molecule has 3 rings (SSSR count). The van der Waals surface area contributed by atoms with Gasteiger partial charge in [0.15, 0.2) is 5.82 Å². The van der Waals surface area contributed by atoms with Crippen LogP contribution in [0.2, 0.25) is 0 Å². The highest BCUT2D eigenvalue weighted by atomic mass is 16.5. The van der Waals surface area contributed by atoms with Crippen molar-refractivity contribution in [2.24, 2.45) is 0 Å². The molecule has 1 aliphatic rings. The lowest BCUT2D eigenvalue weighted by atomic mass is 10.1. The molecule has 1 fully saturated rings. The first-order chi connectivity index (χ1) is 15.9. The number of unbranched alkanes of at least 4 members (excludes halogenated alkanes) is 3. The molecule has 11 heteroatoms. The van der Waals surface area contributed by atoms with Gasteiger partial charge in [-0.1, -0.05) is 19.8 Å². The fourth-order valence-corrected chi connectivity index (χ4v) is 3.67. The topological polar surface area (TPSA) is 161 Å². The Balaban J connectivity index is 0.00000122. The second-order valence-electron chi connectivity index (χ2n) is 7.94. The van der Waals surface area contributed by atoms with Crippen molar-refractivity contribution >= 4 is 29.2 Å². The number of rotatable bonds is 10. The van der Waals surface area contributed by atoms with E-state index in [1.165, 1.54) is 0 Å². The van der Waals surface area contributed by atoms with E-state index >= 15 is 0 Å². The molecule has 3 heterocycles. The van der Waals surface area contributed by atoms with Gasteiger partial charge in [-0.2, -0.15) is 15.2 Å². The number of aromatic nitrogens is 3. The molecule has 2 aromatic rings. The number of nitriles is 1. The number of aromatic amines is 1. The van der Waals surface area contributed by atoms with E-state index in [1.54, 1.807) is 0 Å². The van der Waals surface area contributed by atoms with Crippen molar-refractivity contribution in [3.8, 4) is 12.1 Å². The number of hydrogen-bond donors (Lipinski definition) is 3. The molecule has 4 N–H and O–H groups in total. The van der Waals surface area contributed by atoms with Crippen molar-refractivity contribution < 1.29 is 19.4 Å². The molecule has 1 amide bonds. The van der Waals surface area contributed by atoms with E-state index in [0.29, 0.717) is 42.1 Å². The minimum Gasteiger partial charge on any atom is -0.483 e. The monoisotopic (exact) mass is 459 g/mol. The van der Waals surface area contributed by atoms with Crippen LogP contribution in [0.1, 0.15) is 50.3 Å². The van der Waals surface area contributed by atoms with Crippen LogP contribution in [0.4, 0.5) is 5.82 Å². The summed E-state index contributed by atoms with van der Waals surface area (Å²) in [6.07, 6.45) is 5.47. The van der Waals surface area contributed by atoms with Gasteiger partial charge in [-0.3, -0.25) is 14.5 Å². The van der Waals surface area contributed by atoms with Crippen LogP contribution in [-0.2, 0) is 16.0 Å². The van der Waals surface area contributed by atoms with E-state index < -0.39 is 0 Å². The quantitative estimate of drug-likeness (QED) is 0.355. The molecule has 0 unspecified atom stereocenters. The van der Waals surface area contributed by atoms with Crippen molar-refractivity contribution in [3.05, 3.63) is 11.3 Å². The van der Waals surface area contributed by atoms with Crippen LogP contribution in [0.3, 0.4) is 0 Å². The van der Waals surface area contributed by atoms with Gasteiger partial charge in [0.1, 0.15) is 22.8 Å². The van der Waals surface area contributed by atoms with Gasteiger partial charge in [0.2, 0.25) is 5.91 Å². The molecule has 1 aliphatic heterocycles. The van der Waals surface area contributed by atoms with Crippen molar-refractivity contribution in [2.75, 3.05) is 45.6 Å². The fraction of sp³-hybridized carbons (Fsp3) is 0.591. The Bertz CT molecular complexity index is 970. The number of H-pyrrole nitrogens is 1. The van der Waals surface area contributed by atoms with E-state index in [9.17, 15) is 10.1 Å². The number of nitrogens with one attached hydrogen (secondary N) is 1. The summed E-state index contributed by atoms with van der Waals surface area (Å²) in [5.74, 6) is 0.498. The summed E-state index contributed by atoms with van der Waals surface area (Å²) in [5, 5.41) is 16.4. The second-order valence-corrected chi connectivity index (χ2v) is 7.94. The van der Waals surface area contributed by atoms with Crippen LogP contribution < -0.4 is 10.5 Å². The lowest BCUT2D eigenvalue weighted by Crippen LogP contribution is -2.48. The predicted octanol–water partition coefficient (Wildman–Crippen LogP) is 1.78. The first-order valence-electron chi connectivity index (χ1n) is 11.2. The number of piperazine rings is 1. The molecule has 2 aromatic heterocycles. The number of ether oxygens (including phenoxy) is 1. The number of carbonyl (C=O) groups excluding carboxylic acids is 1. The Morgan fingerprint density at radius 1 is 1.27 bits per heavy atom. The summed E-state index contributed by atoms with van der Waals surface area (Å²) in [6.45, 7) is 5.40. The number of carbonyl (C=O) groups is 2. The van der Waals surface area contributed by atoms with E-state index in [1.807, 2.05) is 16.8 Å². The Labute approximate surface area is 193 Å². The second kappa shape index (κ2) is 13.2. The van der Waals surface area contributed by atoms with E-state index in [2.05, 4.69) is 27.9 Å². The van der Waals surface area contributed by atoms with Crippen LogP contribution in [-0.4, -0.2) is 82.1 Å². The maximum Gasteiger partial charge on any atom is 0.319 e. The van der Waals surface area contributed by atoms with E-state index in [-0.39, 0.29) is 18.4 Å². The zero-order valence-electron chi connectivity index (χ0n) is 19.3. The minimum absolute atomic E-state index is 0.204. The summed E-state index contributed by atoms with van der Waals surface area (Å²) >= 11 is 0. The van der Waals surface area contributed by atoms with Crippen LogP contribution in [0, 0.1) is 11.3 Å². The third-order valence-corrected chi connectivity index (χ3v) is 5.46. The molecule has 0 spiro atoms. The van der Waals surface area contributed by atoms with Gasteiger partial charge in [-0.05, 0) is 32.7 Å². The lowest BCUT2D eigenvalue weighted by Gasteiger charge is -2.32. The fourth-order valence-electron chi connectivity index (χ4n) is 3.67. The lowest BCUT2D eigenvalue weighted by molar-refractivity contribution is -0.135. The minimum atomic E-state index is -0.250. The SMILES string of the molecule is CCCCOc1nc(N)c2[nH]c(C#N)c(CCCCCN3CCN(C)CC3=O)c2n1.O=CO. The predicted molar refractivity (Wildman–Crippen MR) is 124 cm³/mol. The van der Waals surface area contributed by atoms with Crippen molar-refractivity contribution in [1.82, 2.24) is 24.8 Å². The third-order valence-electron chi connectivity index (χ3n) is 5.46. The molecule has 1 saturated heterocycles. The number of likely N-dealkylation sites (N-methyl/N-ethyl adjacent to an activating group) is 1. The largest absolute Gasteiger partial charge is 0.483 e. The molecule has 0 aromatic carbocycles. The first kappa shape index (κ1) is 25.9. The Kier molecular flexibility index (Phi) is 10.4. The summed E-state index contributed by atoms with van der Waals surface area (Å²) < 4.78 is 5.62. The molecule has 0 radical (unpaired) electrons. The number of anilines is 1. The van der Waals surface area contributed by atoms with E-state index in [4.69, 9.17) is 20.4 Å². The maximum absolute atomic E-state index is 12.0. The molecule has 33 heavy (non-hydrogen) atoms. The number of amides is 1. The number of nitrogens with two attached hydrogens (primary N) is 1. The molecular formula is C22H33N7O4. The molecule has 0 saturated carbocycles. The third kappa shape index (κ3) is 7.32. The summed E-state index contributed by atoms with van der Waals surface area (Å²) in [5.41, 5.74) is 8.66. The average molecular weight is 460 g/mol. The van der Waals surface area contributed by atoms with Gasteiger partial charge in [0.25, 0.3) is 6.47 Å². The summed E-state index contributed by atoms with van der Waals surface area (Å²) in [6, 6.07) is 2.47. The smallest absolute Gasteiger partial charge is 0.319 e. The number of nitrogen functional groups attached to an aromatic ring is 1. The molecule has 0 atom stereocenters. The van der Waals surface area contributed by atoms with E-state index in [0.717, 1.165) is 57.3 Å². The first-order valence-corrected chi connectivity index (χ1v) is 11.2. The van der Waals surface area contributed by atoms with Crippen molar-refractivity contribution in [3.63, 3.8) is 0 Å². The summed E-state index contributed by atoms with van der Waals surface area (Å²) in [7, 11) is 1.97. The zero-order chi connectivity index (χ0) is 24.2. The Hall–Kier alpha value is -3.39. The molecule has 11 nitrogen and oxygen atoms in total. The van der Waals surface area contributed by atoms with Gasteiger partial charge >= 0.3 is 6.01 Å². The standard InChI is InChI=1S/C21H31N7O2.CH2O2/c1-3-4-12-30-21-25-18-15(16(13-22)24-19(18)20(23)26-21)8-6-5-7-9-28-11-10-27(2)14-17(28)29;2-1-3/h24H,3-12,14H2,1-2H3,(H2,23,25,26);1H,(H,2,3). The van der Waals surface area contributed by atoms with Gasteiger partial charge < -0.3 is 25.5 Å². The Morgan fingerprint density at radius 3 is 2.70 bits per heavy atom. The molecular weight excluding hydrogens is 426 g/mol. The number of hydrogen-bond acceptors (Lipinski definition) is 8. The van der Waals surface area contributed by atoms with Crippen molar-refractivity contribution in [1.29, 1.82) is 5.26 Å². The molecule has 0 bridgehead atoms. The highest BCUT2D eigenvalue weighted by Crippen LogP contribution is 2.27. The average Bonchev–Trinajstić information content (AvgIpc) is 3.14. The number of aryl methyl sites for hydroxylation is 1. The van der Waals surface area contributed by atoms with Crippen LogP contribution in [0.15, 0.2) is 0 Å². The van der Waals surface area contributed by atoms with Gasteiger partial charge in [0.05, 0.1) is 13.2 Å². The van der Waals surface area contributed by atoms with Gasteiger partial charge in [0, 0.05) is 25.2 Å². The Morgan fingerprint density at radius 2 is 2.03 bits per heavy atom. The van der Waals surface area contributed by atoms with Crippen LogP contribution in [0.25, 0.3) is 11.0 Å². The normalized spacial score (nSPS) is 14.0. The molecule has 180 valence electrons. The number of nitrogens with zero attached hydrogens (tertiary/aromatic N) is 5. The van der Waals surface area contributed by atoms with Crippen molar-refractivity contribution in [2.45, 2.75) is 45.4 Å². The van der Waals surface area contributed by atoms with Crippen LogP contribution in [0.5, 0.6) is 6.01 Å². The number of fused-ring (bicyclic) bond motifs is 1. The summed E-state index contributed by atoms with van der Waals surface area (Å²) in [4.78, 5) is 36.2. The maximum atomic E-state index is 12.0. The van der Waals surface area contributed by atoms with Gasteiger partial charge in [-0.25, -0.2) is 0 Å².